The smallest absolute Gasteiger partial charge is 0.250 e. The molecule has 0 unspecified atom stereocenters. The third-order valence-corrected chi connectivity index (χ3v) is 2.07. The molecule has 0 aliphatic rings. The Hall–Kier alpha value is -1.65. The molecule has 2 heterocycles. The Morgan fingerprint density at radius 2 is 2.36 bits per heavy atom. The Kier molecular flexibility index (Phi) is 2.07. The van der Waals surface area contributed by atoms with Gasteiger partial charge >= 0.3 is 0 Å². The van der Waals surface area contributed by atoms with E-state index in [9.17, 15) is 4.39 Å². The molecular weight excluding hydrogens is 185 g/mol. The maximum atomic E-state index is 13.6. The molecule has 0 aromatic carbocycles. The molecule has 0 fully saturated rings. The Balaban J connectivity index is 2.55. The first-order valence-electron chi connectivity index (χ1n) is 4.36. The first kappa shape index (κ1) is 8.93. The zero-order chi connectivity index (χ0) is 10.1. The predicted octanol–water partition coefficient (Wildman–Crippen LogP) is 2.01. The van der Waals surface area contributed by atoms with Crippen LogP contribution in [0, 0.1) is 12.7 Å². The van der Waals surface area contributed by atoms with Gasteiger partial charge in [-0.15, -0.1) is 0 Å². The molecule has 0 saturated carbocycles. The fourth-order valence-electron chi connectivity index (χ4n) is 1.31. The van der Waals surface area contributed by atoms with E-state index in [2.05, 4.69) is 10.1 Å². The van der Waals surface area contributed by atoms with Crippen molar-refractivity contribution in [1.29, 1.82) is 0 Å². The Morgan fingerprint density at radius 3 is 2.86 bits per heavy atom. The van der Waals surface area contributed by atoms with Crippen LogP contribution in [0.4, 0.5) is 4.39 Å². The summed E-state index contributed by atoms with van der Waals surface area (Å²) in [6.45, 7) is 4.21. The molecule has 5 heteroatoms. The largest absolute Gasteiger partial charge is 0.443 e. The van der Waals surface area contributed by atoms with Crippen LogP contribution in [-0.4, -0.2) is 14.8 Å². The maximum absolute atomic E-state index is 13.6. The zero-order valence-corrected chi connectivity index (χ0v) is 7.99. The van der Waals surface area contributed by atoms with Crippen molar-refractivity contribution < 1.29 is 8.81 Å². The molecule has 0 saturated heterocycles. The van der Waals surface area contributed by atoms with Gasteiger partial charge in [0.2, 0.25) is 5.89 Å². The molecule has 0 aliphatic heterocycles. The second kappa shape index (κ2) is 3.25. The van der Waals surface area contributed by atoms with E-state index in [1.807, 2.05) is 6.92 Å². The lowest BCUT2D eigenvalue weighted by molar-refractivity contribution is 0.559. The van der Waals surface area contributed by atoms with Crippen molar-refractivity contribution in [2.45, 2.75) is 20.4 Å². The van der Waals surface area contributed by atoms with Crippen LogP contribution in [-0.2, 0) is 6.54 Å². The molecule has 0 radical (unpaired) electrons. The second-order valence-electron chi connectivity index (χ2n) is 2.90. The van der Waals surface area contributed by atoms with Crippen LogP contribution >= 0.6 is 0 Å². The van der Waals surface area contributed by atoms with Crippen LogP contribution in [0.25, 0.3) is 11.6 Å². The van der Waals surface area contributed by atoms with Gasteiger partial charge in [-0.2, -0.15) is 5.10 Å². The fraction of sp³-hybridized carbons (Fsp3) is 0.333. The van der Waals surface area contributed by atoms with Crippen molar-refractivity contribution in [1.82, 2.24) is 14.8 Å². The van der Waals surface area contributed by atoms with Crippen molar-refractivity contribution in [2.75, 3.05) is 0 Å². The molecule has 0 aliphatic carbocycles. The fourth-order valence-corrected chi connectivity index (χ4v) is 1.31. The number of oxazole rings is 1. The number of halogens is 1. The number of aryl methyl sites for hydroxylation is 1. The average Bonchev–Trinajstić information content (AvgIpc) is 2.78. The third kappa shape index (κ3) is 1.21. The van der Waals surface area contributed by atoms with Gasteiger partial charge in [-0.3, -0.25) is 4.68 Å². The van der Waals surface area contributed by atoms with Gasteiger partial charge in [0, 0.05) is 6.54 Å². The van der Waals surface area contributed by atoms with Gasteiger partial charge in [-0.05, 0) is 13.8 Å². The molecule has 0 amide bonds. The molecular formula is C9H10FN3O. The summed E-state index contributed by atoms with van der Waals surface area (Å²) in [6, 6.07) is 0. The predicted molar refractivity (Wildman–Crippen MR) is 48.1 cm³/mol. The number of nitrogens with zero attached hydrogens (tertiary/aromatic N) is 3. The van der Waals surface area contributed by atoms with Gasteiger partial charge in [0.05, 0.1) is 11.9 Å². The summed E-state index contributed by atoms with van der Waals surface area (Å²) >= 11 is 0. The third-order valence-electron chi connectivity index (χ3n) is 2.07. The molecule has 2 aromatic heterocycles. The van der Waals surface area contributed by atoms with Gasteiger partial charge in [0.1, 0.15) is 6.26 Å². The minimum absolute atomic E-state index is 0.175. The van der Waals surface area contributed by atoms with E-state index in [4.69, 9.17) is 4.42 Å². The summed E-state index contributed by atoms with van der Waals surface area (Å²) in [5, 5.41) is 4.06. The number of aromatic nitrogens is 3. The maximum Gasteiger partial charge on any atom is 0.250 e. The monoisotopic (exact) mass is 195 g/mol. The van der Waals surface area contributed by atoms with Crippen molar-refractivity contribution in [3.05, 3.63) is 24.0 Å². The summed E-state index contributed by atoms with van der Waals surface area (Å²) in [5.41, 5.74) is 0.676. The van der Waals surface area contributed by atoms with Gasteiger partial charge in [-0.1, -0.05) is 0 Å². The van der Waals surface area contributed by atoms with Gasteiger partial charge in [0.15, 0.2) is 11.5 Å². The summed E-state index contributed by atoms with van der Waals surface area (Å²) in [5.74, 6) is -0.146. The molecule has 0 bridgehead atoms. The number of hydrogen-bond acceptors (Lipinski definition) is 3. The average molecular weight is 195 g/mol. The lowest BCUT2D eigenvalue weighted by atomic mass is 10.3. The van der Waals surface area contributed by atoms with Crippen molar-refractivity contribution in [3.8, 4) is 11.6 Å². The van der Waals surface area contributed by atoms with Crippen LogP contribution in [0.3, 0.4) is 0 Å². The van der Waals surface area contributed by atoms with Crippen molar-refractivity contribution in [3.63, 3.8) is 0 Å². The van der Waals surface area contributed by atoms with E-state index in [0.717, 1.165) is 0 Å². The first-order chi connectivity index (χ1) is 6.74. The normalized spacial score (nSPS) is 10.8. The summed E-state index contributed by atoms with van der Waals surface area (Å²) in [4.78, 5) is 3.85. The first-order valence-corrected chi connectivity index (χ1v) is 4.36. The Bertz CT molecular complexity index is 433. The highest BCUT2D eigenvalue weighted by molar-refractivity contribution is 5.48. The van der Waals surface area contributed by atoms with Crippen LogP contribution < -0.4 is 0 Å². The van der Waals surface area contributed by atoms with Crippen LogP contribution in [0.5, 0.6) is 0 Å². The molecule has 0 N–H and O–H groups in total. The molecule has 0 spiro atoms. The Labute approximate surface area is 80.4 Å². The standard InChI is InChI=1S/C9H10FN3O/c1-3-13-6(2)7(10)8(12-13)9-11-4-5-14-9/h4-5H,3H2,1-2H3. The molecule has 2 aromatic rings. The number of hydrogen-bond donors (Lipinski definition) is 0. The second-order valence-corrected chi connectivity index (χ2v) is 2.90. The number of rotatable bonds is 2. The van der Waals surface area contributed by atoms with E-state index in [1.54, 1.807) is 11.6 Å². The van der Waals surface area contributed by atoms with Crippen LogP contribution in [0.2, 0.25) is 0 Å². The zero-order valence-electron chi connectivity index (χ0n) is 7.99. The van der Waals surface area contributed by atoms with Crippen molar-refractivity contribution >= 4 is 0 Å². The summed E-state index contributed by atoms with van der Waals surface area (Å²) < 4.78 is 20.2. The van der Waals surface area contributed by atoms with Gasteiger partial charge < -0.3 is 4.42 Å². The highest BCUT2D eigenvalue weighted by atomic mass is 19.1. The van der Waals surface area contributed by atoms with E-state index in [-0.39, 0.29) is 17.4 Å². The van der Waals surface area contributed by atoms with Crippen LogP contribution in [0.15, 0.2) is 16.9 Å². The van der Waals surface area contributed by atoms with E-state index < -0.39 is 0 Å². The van der Waals surface area contributed by atoms with E-state index >= 15 is 0 Å². The highest BCUT2D eigenvalue weighted by Gasteiger charge is 2.18. The highest BCUT2D eigenvalue weighted by Crippen LogP contribution is 2.21. The lowest BCUT2D eigenvalue weighted by Crippen LogP contribution is -1.98. The minimum atomic E-state index is -0.366. The topological polar surface area (TPSA) is 43.9 Å². The molecule has 0 atom stereocenters. The van der Waals surface area contributed by atoms with Gasteiger partial charge in [0.25, 0.3) is 0 Å². The SMILES string of the molecule is CCn1nc(-c2ncco2)c(F)c1C. The molecule has 4 nitrogen and oxygen atoms in total. The van der Waals surface area contributed by atoms with Crippen LogP contribution in [0.1, 0.15) is 12.6 Å². The van der Waals surface area contributed by atoms with Crippen molar-refractivity contribution in [2.24, 2.45) is 0 Å². The molecule has 14 heavy (non-hydrogen) atoms. The summed E-state index contributed by atoms with van der Waals surface area (Å²) in [6.07, 6.45) is 2.87. The molecule has 74 valence electrons. The molecule has 2 rings (SSSR count). The Morgan fingerprint density at radius 1 is 1.57 bits per heavy atom. The lowest BCUT2D eigenvalue weighted by Gasteiger charge is -1.95. The summed E-state index contributed by atoms with van der Waals surface area (Å²) in [7, 11) is 0. The minimum Gasteiger partial charge on any atom is -0.443 e. The quantitative estimate of drug-likeness (QED) is 0.736. The van der Waals surface area contributed by atoms with Gasteiger partial charge in [-0.25, -0.2) is 9.37 Å². The van der Waals surface area contributed by atoms with E-state index in [1.165, 1.54) is 12.5 Å². The van der Waals surface area contributed by atoms with E-state index in [0.29, 0.717) is 12.2 Å².